The molecule has 6 heteroatoms. The van der Waals surface area contributed by atoms with E-state index in [-0.39, 0.29) is 35.5 Å². The van der Waals surface area contributed by atoms with E-state index >= 15 is 0 Å². The van der Waals surface area contributed by atoms with Gasteiger partial charge in [0, 0.05) is 25.3 Å². The molecule has 156 valence electrons. The monoisotopic (exact) mass is 415 g/mol. The Labute approximate surface area is 178 Å². The van der Waals surface area contributed by atoms with Crippen LogP contribution in [0.2, 0.25) is 0 Å². The van der Waals surface area contributed by atoms with Gasteiger partial charge >= 0.3 is 0 Å². The fourth-order valence-corrected chi connectivity index (χ4v) is 4.39. The minimum Gasteiger partial charge on any atom is -0.329 e. The average molecular weight is 416 g/mol. The largest absolute Gasteiger partial charge is 0.329 e. The summed E-state index contributed by atoms with van der Waals surface area (Å²) >= 11 is 0. The number of aromatic nitrogens is 1. The highest BCUT2D eigenvalue weighted by molar-refractivity contribution is 5.94. The van der Waals surface area contributed by atoms with Crippen molar-refractivity contribution in [3.8, 4) is 0 Å². The highest BCUT2D eigenvalue weighted by atomic mass is 35.5. The summed E-state index contributed by atoms with van der Waals surface area (Å²) in [5.74, 6) is -0.153. The maximum atomic E-state index is 13.4. The molecule has 1 aliphatic carbocycles. The molecule has 1 fully saturated rings. The molecular formula is C23H30ClN3O2. The molecule has 5 nitrogen and oxygen atoms in total. The van der Waals surface area contributed by atoms with Gasteiger partial charge in [-0.1, -0.05) is 37.6 Å². The van der Waals surface area contributed by atoms with E-state index < -0.39 is 0 Å². The summed E-state index contributed by atoms with van der Waals surface area (Å²) in [6, 6.07) is 10.3. The van der Waals surface area contributed by atoms with E-state index in [1.54, 1.807) is 0 Å². The van der Waals surface area contributed by atoms with Gasteiger partial charge in [0.25, 0.3) is 11.5 Å². The van der Waals surface area contributed by atoms with Gasteiger partial charge in [0.05, 0.1) is 6.04 Å². The summed E-state index contributed by atoms with van der Waals surface area (Å²) in [6.07, 6.45) is 6.23. The van der Waals surface area contributed by atoms with Crippen LogP contribution in [0.5, 0.6) is 0 Å². The number of pyridine rings is 1. The van der Waals surface area contributed by atoms with Crippen molar-refractivity contribution in [2.24, 2.45) is 0 Å². The Kier molecular flexibility index (Phi) is 7.14. The number of rotatable bonds is 3. The molecule has 0 saturated carbocycles. The third kappa shape index (κ3) is 4.57. The highest BCUT2D eigenvalue weighted by Crippen LogP contribution is 2.25. The van der Waals surface area contributed by atoms with Crippen molar-refractivity contribution in [1.82, 2.24) is 15.2 Å². The molecule has 0 bridgehead atoms. The second-order valence-corrected chi connectivity index (χ2v) is 7.89. The number of H-pyrrole nitrogens is 1. The highest BCUT2D eigenvalue weighted by Gasteiger charge is 2.30. The molecule has 2 aliphatic rings. The summed E-state index contributed by atoms with van der Waals surface area (Å²) in [5, 5.41) is 3.39. The van der Waals surface area contributed by atoms with Crippen molar-refractivity contribution in [3.63, 3.8) is 0 Å². The summed E-state index contributed by atoms with van der Waals surface area (Å²) in [7, 11) is 0. The molecule has 0 radical (unpaired) electrons. The van der Waals surface area contributed by atoms with E-state index in [4.69, 9.17) is 0 Å². The minimum atomic E-state index is -0.246. The zero-order valence-electron chi connectivity index (χ0n) is 17.0. The standard InChI is InChI=1S/C23H29N3O2.ClH/c1-2-16-8-10-17(11-9-16)21-15-24-12-13-26(21)23(28)19-14-18-6-4-3-5-7-20(18)25-22(19)27;/h8-11,14,21,24H,2-7,12-13,15H2,1H3,(H,25,27);1H. The number of carbonyl (C=O) groups is 1. The Morgan fingerprint density at radius 3 is 2.66 bits per heavy atom. The lowest BCUT2D eigenvalue weighted by atomic mass is 9.99. The number of carbonyl (C=O) groups excluding carboxylic acids is 1. The maximum absolute atomic E-state index is 13.4. The van der Waals surface area contributed by atoms with Crippen LogP contribution in [0.1, 0.15) is 65.0 Å². The first-order valence-electron chi connectivity index (χ1n) is 10.5. The first-order valence-corrected chi connectivity index (χ1v) is 10.5. The van der Waals surface area contributed by atoms with Crippen molar-refractivity contribution in [1.29, 1.82) is 0 Å². The summed E-state index contributed by atoms with van der Waals surface area (Å²) in [4.78, 5) is 30.9. The molecule has 1 saturated heterocycles. The Morgan fingerprint density at radius 2 is 1.90 bits per heavy atom. The van der Waals surface area contributed by atoms with Crippen LogP contribution in [-0.4, -0.2) is 35.4 Å². The Balaban J connectivity index is 0.00000240. The lowest BCUT2D eigenvalue weighted by molar-refractivity contribution is 0.0632. The number of nitrogens with zero attached hydrogens (tertiary/aromatic N) is 1. The molecule has 2 heterocycles. The van der Waals surface area contributed by atoms with Gasteiger partial charge in [-0.15, -0.1) is 12.4 Å². The van der Waals surface area contributed by atoms with Crippen molar-refractivity contribution >= 4 is 18.3 Å². The van der Waals surface area contributed by atoms with Crippen LogP contribution in [-0.2, 0) is 19.3 Å². The molecule has 1 atom stereocenters. The van der Waals surface area contributed by atoms with Crippen molar-refractivity contribution in [3.05, 3.63) is 68.6 Å². The first-order chi connectivity index (χ1) is 13.7. The zero-order valence-corrected chi connectivity index (χ0v) is 17.8. The molecule has 2 N–H and O–H groups in total. The molecule has 1 unspecified atom stereocenters. The molecule has 1 amide bonds. The molecule has 1 aliphatic heterocycles. The molecule has 2 aromatic rings. The number of hydrogen-bond donors (Lipinski definition) is 2. The van der Waals surface area contributed by atoms with Gasteiger partial charge in [-0.05, 0) is 54.9 Å². The van der Waals surface area contributed by atoms with Gasteiger partial charge < -0.3 is 15.2 Å². The van der Waals surface area contributed by atoms with Crippen molar-refractivity contribution < 1.29 is 4.79 Å². The number of halogens is 1. The number of aryl methyl sites for hydroxylation is 3. The third-order valence-electron chi connectivity index (χ3n) is 6.10. The topological polar surface area (TPSA) is 65.2 Å². The van der Waals surface area contributed by atoms with Crippen LogP contribution in [0.4, 0.5) is 0 Å². The predicted octanol–water partition coefficient (Wildman–Crippen LogP) is 3.41. The molecule has 1 aromatic carbocycles. The van der Waals surface area contributed by atoms with Crippen LogP contribution < -0.4 is 10.9 Å². The molecule has 1 aromatic heterocycles. The average Bonchev–Trinajstić information content (AvgIpc) is 2.97. The molecule has 29 heavy (non-hydrogen) atoms. The maximum Gasteiger partial charge on any atom is 0.261 e. The summed E-state index contributed by atoms with van der Waals surface area (Å²) < 4.78 is 0. The third-order valence-corrected chi connectivity index (χ3v) is 6.10. The number of fused-ring (bicyclic) bond motifs is 1. The van der Waals surface area contributed by atoms with Gasteiger partial charge in [0.15, 0.2) is 0 Å². The Bertz CT molecular complexity index is 907. The van der Waals surface area contributed by atoms with Crippen molar-refractivity contribution in [2.75, 3.05) is 19.6 Å². The Morgan fingerprint density at radius 1 is 1.14 bits per heavy atom. The Hall–Kier alpha value is -2.11. The molecule has 0 spiro atoms. The number of aromatic amines is 1. The van der Waals surface area contributed by atoms with E-state index in [0.29, 0.717) is 13.1 Å². The number of piperazine rings is 1. The quantitative estimate of drug-likeness (QED) is 0.755. The molecule has 4 rings (SSSR count). The normalized spacial score (nSPS) is 19.1. The number of amides is 1. The fraction of sp³-hybridized carbons (Fsp3) is 0.478. The lowest BCUT2D eigenvalue weighted by Crippen LogP contribution is -2.49. The van der Waals surface area contributed by atoms with Crippen LogP contribution >= 0.6 is 12.4 Å². The second-order valence-electron chi connectivity index (χ2n) is 7.89. The zero-order chi connectivity index (χ0) is 19.5. The predicted molar refractivity (Wildman–Crippen MR) is 118 cm³/mol. The van der Waals surface area contributed by atoms with E-state index in [9.17, 15) is 9.59 Å². The number of nitrogens with one attached hydrogen (secondary N) is 2. The van der Waals surface area contributed by atoms with E-state index in [1.807, 2.05) is 11.0 Å². The SMILES string of the molecule is CCc1ccc(C2CNCCN2C(=O)c2cc3c([nH]c2=O)CCCCC3)cc1.Cl. The van der Waals surface area contributed by atoms with Gasteiger partial charge in [0.1, 0.15) is 5.56 Å². The van der Waals surface area contributed by atoms with Gasteiger partial charge in [-0.2, -0.15) is 0 Å². The summed E-state index contributed by atoms with van der Waals surface area (Å²) in [6.45, 7) is 4.20. The fourth-order valence-electron chi connectivity index (χ4n) is 4.39. The van der Waals surface area contributed by atoms with Crippen molar-refractivity contribution in [2.45, 2.75) is 51.5 Å². The lowest BCUT2D eigenvalue weighted by Gasteiger charge is -2.36. The number of benzene rings is 1. The van der Waals surface area contributed by atoms with Crippen LogP contribution in [0.3, 0.4) is 0 Å². The van der Waals surface area contributed by atoms with Gasteiger partial charge in [-0.25, -0.2) is 0 Å². The first kappa shape index (κ1) is 21.6. The van der Waals surface area contributed by atoms with Crippen LogP contribution in [0.15, 0.2) is 35.1 Å². The van der Waals surface area contributed by atoms with Crippen LogP contribution in [0.25, 0.3) is 0 Å². The molecular weight excluding hydrogens is 386 g/mol. The van der Waals surface area contributed by atoms with E-state index in [0.717, 1.165) is 55.5 Å². The smallest absolute Gasteiger partial charge is 0.261 e. The summed E-state index contributed by atoms with van der Waals surface area (Å²) in [5.41, 5.74) is 4.60. The second kappa shape index (κ2) is 9.59. The number of hydrogen-bond acceptors (Lipinski definition) is 3. The van der Waals surface area contributed by atoms with E-state index in [2.05, 4.69) is 41.5 Å². The minimum absolute atomic E-state index is 0. The van der Waals surface area contributed by atoms with Gasteiger partial charge in [0.2, 0.25) is 0 Å². The van der Waals surface area contributed by atoms with Gasteiger partial charge in [-0.3, -0.25) is 9.59 Å². The van der Waals surface area contributed by atoms with Crippen LogP contribution in [0, 0.1) is 0 Å². The van der Waals surface area contributed by atoms with E-state index in [1.165, 1.54) is 12.0 Å².